The normalized spacial score (nSPS) is 19.1. The monoisotopic (exact) mass is 501 g/mol. The largest absolute Gasteiger partial charge is 0.494 e. The standard InChI is InChI=1S/C33H32BNO3/c1-31(2)24-13-7-9-15-26(24)35(27-16-10-8-14-25(27)31)28-17-11-12-23-22-19-18-21(20-29(22)36-30(23)28)34-37-32(3,4)33(5,6)38-34/h7-20H,1-6H3. The van der Waals surface area contributed by atoms with Crippen LogP contribution in [0, 0.1) is 0 Å². The van der Waals surface area contributed by atoms with Crippen molar-refractivity contribution < 1.29 is 13.7 Å². The summed E-state index contributed by atoms with van der Waals surface area (Å²) in [5.41, 5.74) is 7.78. The molecule has 3 heterocycles. The lowest BCUT2D eigenvalue weighted by Crippen LogP contribution is -2.41. The molecule has 190 valence electrons. The molecule has 0 amide bonds. The SMILES string of the molecule is CC1(C)c2ccccc2N(c2cccc3c2oc2cc(B4OC(C)(C)C(C)(C)O4)ccc23)c2ccccc21. The first-order valence-electron chi connectivity index (χ1n) is 13.4. The quantitative estimate of drug-likeness (QED) is 0.230. The van der Waals surface area contributed by atoms with Gasteiger partial charge in [0.25, 0.3) is 0 Å². The second-order valence-electron chi connectivity index (χ2n) is 12.1. The molecule has 0 saturated carbocycles. The van der Waals surface area contributed by atoms with Crippen molar-refractivity contribution in [3.8, 4) is 0 Å². The van der Waals surface area contributed by atoms with Crippen molar-refractivity contribution in [1.29, 1.82) is 0 Å². The first-order chi connectivity index (χ1) is 18.1. The van der Waals surface area contributed by atoms with Gasteiger partial charge in [-0.15, -0.1) is 0 Å². The van der Waals surface area contributed by atoms with E-state index < -0.39 is 18.3 Å². The second-order valence-corrected chi connectivity index (χ2v) is 12.1. The van der Waals surface area contributed by atoms with Crippen molar-refractivity contribution in [2.75, 3.05) is 4.90 Å². The summed E-state index contributed by atoms with van der Waals surface area (Å²) in [7, 11) is -0.430. The molecule has 1 saturated heterocycles. The van der Waals surface area contributed by atoms with E-state index in [1.54, 1.807) is 0 Å². The van der Waals surface area contributed by atoms with E-state index >= 15 is 0 Å². The molecule has 7 rings (SSSR count). The first-order valence-corrected chi connectivity index (χ1v) is 13.4. The van der Waals surface area contributed by atoms with Crippen LogP contribution in [0.1, 0.15) is 52.7 Å². The van der Waals surface area contributed by atoms with E-state index in [-0.39, 0.29) is 5.41 Å². The van der Waals surface area contributed by atoms with Crippen molar-refractivity contribution in [3.63, 3.8) is 0 Å². The lowest BCUT2D eigenvalue weighted by Gasteiger charge is -2.41. The molecule has 0 spiro atoms. The van der Waals surface area contributed by atoms with E-state index in [4.69, 9.17) is 13.7 Å². The Balaban J connectivity index is 1.41. The predicted octanol–water partition coefficient (Wildman–Crippen LogP) is 7.99. The Bertz CT molecular complexity index is 1670. The highest BCUT2D eigenvalue weighted by atomic mass is 16.7. The van der Waals surface area contributed by atoms with Gasteiger partial charge in [0, 0.05) is 16.2 Å². The van der Waals surface area contributed by atoms with Gasteiger partial charge in [-0.25, -0.2) is 0 Å². The van der Waals surface area contributed by atoms with Crippen molar-refractivity contribution >= 4 is 51.6 Å². The molecule has 0 radical (unpaired) electrons. The molecule has 2 aliphatic heterocycles. The van der Waals surface area contributed by atoms with E-state index in [1.807, 2.05) is 0 Å². The molecule has 4 aromatic carbocycles. The van der Waals surface area contributed by atoms with Gasteiger partial charge >= 0.3 is 7.12 Å². The van der Waals surface area contributed by atoms with E-state index in [0.29, 0.717) is 0 Å². The van der Waals surface area contributed by atoms with Gasteiger partial charge in [0.05, 0.1) is 28.3 Å². The predicted molar refractivity (Wildman–Crippen MR) is 156 cm³/mol. The zero-order valence-electron chi connectivity index (χ0n) is 22.8. The minimum atomic E-state index is -0.430. The smallest absolute Gasteiger partial charge is 0.454 e. The van der Waals surface area contributed by atoms with Gasteiger partial charge in [0.1, 0.15) is 5.58 Å². The van der Waals surface area contributed by atoms with Crippen LogP contribution in [0.2, 0.25) is 0 Å². The van der Waals surface area contributed by atoms with E-state index in [2.05, 4.69) is 131 Å². The van der Waals surface area contributed by atoms with Gasteiger partial charge in [0.15, 0.2) is 5.58 Å². The number of hydrogen-bond acceptors (Lipinski definition) is 4. The number of para-hydroxylation sites is 3. The van der Waals surface area contributed by atoms with Crippen LogP contribution in [0.15, 0.2) is 89.3 Å². The lowest BCUT2D eigenvalue weighted by atomic mass is 9.73. The number of benzene rings is 4. The molecule has 5 heteroatoms. The lowest BCUT2D eigenvalue weighted by molar-refractivity contribution is 0.00578. The van der Waals surface area contributed by atoms with Crippen LogP contribution in [0.3, 0.4) is 0 Å². The molecule has 0 unspecified atom stereocenters. The molecule has 0 aliphatic carbocycles. The van der Waals surface area contributed by atoms with Crippen molar-refractivity contribution in [2.45, 2.75) is 58.2 Å². The van der Waals surface area contributed by atoms with E-state index in [1.165, 1.54) is 22.5 Å². The highest BCUT2D eigenvalue weighted by molar-refractivity contribution is 6.62. The maximum atomic E-state index is 6.67. The van der Waals surface area contributed by atoms with Gasteiger partial charge < -0.3 is 18.6 Å². The fourth-order valence-electron chi connectivity index (χ4n) is 6.03. The van der Waals surface area contributed by atoms with Crippen LogP contribution < -0.4 is 10.4 Å². The zero-order chi connectivity index (χ0) is 26.4. The number of nitrogens with zero attached hydrogens (tertiary/aromatic N) is 1. The number of fused-ring (bicyclic) bond motifs is 5. The summed E-state index contributed by atoms with van der Waals surface area (Å²) >= 11 is 0. The molecule has 1 fully saturated rings. The zero-order valence-corrected chi connectivity index (χ0v) is 22.8. The molecule has 5 aromatic rings. The van der Waals surface area contributed by atoms with Crippen LogP contribution in [-0.2, 0) is 14.7 Å². The van der Waals surface area contributed by atoms with Crippen LogP contribution in [-0.4, -0.2) is 18.3 Å². The highest BCUT2D eigenvalue weighted by Gasteiger charge is 2.51. The third kappa shape index (κ3) is 3.18. The molecular formula is C33H32BNO3. The van der Waals surface area contributed by atoms with E-state index in [9.17, 15) is 0 Å². The molecule has 2 aliphatic rings. The Morgan fingerprint density at radius 1 is 0.605 bits per heavy atom. The van der Waals surface area contributed by atoms with Gasteiger partial charge in [-0.1, -0.05) is 74.5 Å². The second kappa shape index (κ2) is 7.75. The van der Waals surface area contributed by atoms with Crippen molar-refractivity contribution in [3.05, 3.63) is 96.1 Å². The summed E-state index contributed by atoms with van der Waals surface area (Å²) in [6.45, 7) is 12.9. The van der Waals surface area contributed by atoms with Gasteiger partial charge in [0.2, 0.25) is 0 Å². The molecule has 38 heavy (non-hydrogen) atoms. The Labute approximate surface area is 224 Å². The fraction of sp³-hybridized carbons (Fsp3) is 0.273. The summed E-state index contributed by atoms with van der Waals surface area (Å²) in [5, 5.41) is 2.18. The number of anilines is 3. The minimum Gasteiger partial charge on any atom is -0.454 e. The Morgan fingerprint density at radius 2 is 1.18 bits per heavy atom. The minimum absolute atomic E-state index is 0.108. The van der Waals surface area contributed by atoms with Crippen molar-refractivity contribution in [1.82, 2.24) is 0 Å². The van der Waals surface area contributed by atoms with Crippen LogP contribution in [0.25, 0.3) is 21.9 Å². The maximum Gasteiger partial charge on any atom is 0.494 e. The number of rotatable bonds is 2. The molecule has 0 N–H and O–H groups in total. The average molecular weight is 501 g/mol. The molecule has 4 nitrogen and oxygen atoms in total. The van der Waals surface area contributed by atoms with Gasteiger partial charge in [-0.2, -0.15) is 0 Å². The summed E-state index contributed by atoms with van der Waals surface area (Å²) in [5.74, 6) is 0. The van der Waals surface area contributed by atoms with Gasteiger partial charge in [-0.3, -0.25) is 0 Å². The summed E-state index contributed by atoms with van der Waals surface area (Å²) in [6, 6.07) is 30.1. The van der Waals surface area contributed by atoms with Crippen molar-refractivity contribution in [2.24, 2.45) is 0 Å². The van der Waals surface area contributed by atoms with Crippen LogP contribution in [0.4, 0.5) is 17.1 Å². The molecule has 0 bridgehead atoms. The van der Waals surface area contributed by atoms with Crippen LogP contribution >= 0.6 is 0 Å². The Morgan fingerprint density at radius 3 is 1.82 bits per heavy atom. The fourth-order valence-corrected chi connectivity index (χ4v) is 6.03. The molecule has 1 aromatic heterocycles. The van der Waals surface area contributed by atoms with E-state index in [0.717, 1.165) is 33.1 Å². The highest BCUT2D eigenvalue weighted by Crippen LogP contribution is 2.53. The molecule has 0 atom stereocenters. The third-order valence-electron chi connectivity index (χ3n) is 8.91. The topological polar surface area (TPSA) is 34.8 Å². The number of furan rings is 1. The number of hydrogen-bond donors (Lipinski definition) is 0. The maximum absolute atomic E-state index is 6.67. The van der Waals surface area contributed by atoms with Crippen LogP contribution in [0.5, 0.6) is 0 Å². The summed E-state index contributed by atoms with van der Waals surface area (Å²) in [4.78, 5) is 2.36. The Hall–Kier alpha value is -3.54. The first kappa shape index (κ1) is 23.6. The third-order valence-corrected chi connectivity index (χ3v) is 8.91. The Kier molecular flexibility index (Phi) is 4.81. The summed E-state index contributed by atoms with van der Waals surface area (Å²) < 4.78 is 19.3. The molecular weight excluding hydrogens is 469 g/mol. The summed E-state index contributed by atoms with van der Waals surface area (Å²) in [6.07, 6.45) is 0. The van der Waals surface area contributed by atoms with Gasteiger partial charge in [-0.05, 0) is 68.6 Å². The average Bonchev–Trinajstić information content (AvgIpc) is 3.37.